The van der Waals surface area contributed by atoms with Crippen molar-refractivity contribution in [2.24, 2.45) is 0 Å². The van der Waals surface area contributed by atoms with Gasteiger partial charge in [-0.3, -0.25) is 4.79 Å². The first-order valence-electron chi connectivity index (χ1n) is 9.90. The molecule has 156 valence electrons. The van der Waals surface area contributed by atoms with Gasteiger partial charge in [0.15, 0.2) is 11.3 Å². The molecule has 0 saturated carbocycles. The first-order valence-corrected chi connectivity index (χ1v) is 9.90. The number of nitrogens with zero attached hydrogens (tertiary/aromatic N) is 2. The highest BCUT2D eigenvalue weighted by molar-refractivity contribution is 6.07. The van der Waals surface area contributed by atoms with Crippen molar-refractivity contribution < 1.29 is 27.1 Å². The molecule has 1 aliphatic rings. The van der Waals surface area contributed by atoms with E-state index in [4.69, 9.17) is 9.15 Å². The summed E-state index contributed by atoms with van der Waals surface area (Å²) in [5, 5.41) is 0.588. The van der Waals surface area contributed by atoms with Gasteiger partial charge >= 0.3 is 6.18 Å². The molecule has 1 amide bonds. The first-order chi connectivity index (χ1) is 13.9. The number of hydrogen-bond donors (Lipinski definition) is 0. The Morgan fingerprint density at radius 1 is 1.10 bits per heavy atom. The van der Waals surface area contributed by atoms with Crippen LogP contribution in [0.15, 0.2) is 28.7 Å². The quantitative estimate of drug-likeness (QED) is 0.554. The van der Waals surface area contributed by atoms with Crippen molar-refractivity contribution in [3.63, 3.8) is 0 Å². The Morgan fingerprint density at radius 2 is 1.86 bits per heavy atom. The van der Waals surface area contributed by atoms with E-state index in [-0.39, 0.29) is 11.7 Å². The number of ether oxygens (including phenoxy) is 1. The predicted octanol–water partition coefficient (Wildman–Crippen LogP) is 5.07. The monoisotopic (exact) mass is 408 g/mol. The molecule has 0 unspecified atom stereocenters. The fraction of sp³-hybridized carbons (Fsp3) is 0.476. The van der Waals surface area contributed by atoms with Crippen LogP contribution < -0.4 is 0 Å². The minimum absolute atomic E-state index is 0.211. The Kier molecular flexibility index (Phi) is 5.29. The van der Waals surface area contributed by atoms with Crippen LogP contribution in [0, 0.1) is 0 Å². The van der Waals surface area contributed by atoms with E-state index >= 15 is 0 Å². The smallest absolute Gasteiger partial charge is 0.416 e. The molecule has 0 radical (unpaired) electrons. The van der Waals surface area contributed by atoms with Crippen molar-refractivity contribution in [1.82, 2.24) is 9.47 Å². The van der Waals surface area contributed by atoms with Gasteiger partial charge in [0.05, 0.1) is 29.8 Å². The Labute approximate surface area is 166 Å². The third kappa shape index (κ3) is 3.73. The lowest BCUT2D eigenvalue weighted by Gasteiger charge is -2.25. The number of halogens is 3. The van der Waals surface area contributed by atoms with E-state index in [0.717, 1.165) is 25.3 Å². The second kappa shape index (κ2) is 7.74. The summed E-state index contributed by atoms with van der Waals surface area (Å²) in [6.07, 6.45) is -1.60. The van der Waals surface area contributed by atoms with E-state index in [1.54, 1.807) is 11.0 Å². The van der Waals surface area contributed by atoms with Gasteiger partial charge in [-0.2, -0.15) is 13.2 Å². The Hall–Kier alpha value is -2.48. The van der Waals surface area contributed by atoms with Crippen LogP contribution in [0.25, 0.3) is 22.0 Å². The zero-order valence-corrected chi connectivity index (χ0v) is 16.2. The molecule has 29 heavy (non-hydrogen) atoms. The number of fused-ring (bicyclic) bond motifs is 3. The van der Waals surface area contributed by atoms with Gasteiger partial charge in [0.25, 0.3) is 5.91 Å². The fourth-order valence-electron chi connectivity index (χ4n) is 3.82. The summed E-state index contributed by atoms with van der Waals surface area (Å²) in [7, 11) is 0. The van der Waals surface area contributed by atoms with Crippen LogP contribution in [0.1, 0.15) is 42.3 Å². The number of carbonyl (C=O) groups is 1. The highest BCUT2D eigenvalue weighted by Gasteiger charge is 2.32. The van der Waals surface area contributed by atoms with E-state index in [9.17, 15) is 18.0 Å². The van der Waals surface area contributed by atoms with Gasteiger partial charge in [-0.05, 0) is 24.6 Å². The largest absolute Gasteiger partial charge is 0.449 e. The molecule has 0 bridgehead atoms. The average Bonchev–Trinajstić information content (AvgIpc) is 3.26. The van der Waals surface area contributed by atoms with Crippen LogP contribution in [0.2, 0.25) is 0 Å². The molecule has 0 spiro atoms. The number of aromatic nitrogens is 1. The summed E-state index contributed by atoms with van der Waals surface area (Å²) >= 11 is 0. The van der Waals surface area contributed by atoms with Gasteiger partial charge in [-0.25, -0.2) is 0 Å². The summed E-state index contributed by atoms with van der Waals surface area (Å²) in [4.78, 5) is 14.5. The molecule has 0 atom stereocenters. The van der Waals surface area contributed by atoms with Crippen molar-refractivity contribution >= 4 is 27.9 Å². The molecule has 8 heteroatoms. The average molecular weight is 408 g/mol. The highest BCUT2D eigenvalue weighted by Crippen LogP contribution is 2.37. The molecular formula is C21H23F3N2O3. The number of aryl methyl sites for hydroxylation is 1. The van der Waals surface area contributed by atoms with E-state index < -0.39 is 11.7 Å². The SMILES string of the molecule is CCCCCn1c2cc(C(F)(F)F)ccc2c2oc(C(=O)N3CCOCC3)cc21. The van der Waals surface area contributed by atoms with Gasteiger partial charge < -0.3 is 18.6 Å². The number of unbranched alkanes of at least 4 members (excludes halogenated alkanes) is 2. The number of carbonyl (C=O) groups excluding carboxylic acids is 1. The number of rotatable bonds is 5. The van der Waals surface area contributed by atoms with Crippen molar-refractivity contribution in [1.29, 1.82) is 0 Å². The molecule has 0 N–H and O–H groups in total. The molecule has 1 saturated heterocycles. The molecule has 1 fully saturated rings. The molecule has 2 aromatic heterocycles. The first kappa shape index (κ1) is 19.8. The molecule has 0 aliphatic carbocycles. The molecule has 4 rings (SSSR count). The maximum atomic E-state index is 13.2. The van der Waals surface area contributed by atoms with Gasteiger partial charge in [0.2, 0.25) is 0 Å². The number of morpholine rings is 1. The van der Waals surface area contributed by atoms with Crippen LogP contribution in [0.4, 0.5) is 13.2 Å². The topological polar surface area (TPSA) is 47.6 Å². The van der Waals surface area contributed by atoms with Gasteiger partial charge in [-0.15, -0.1) is 0 Å². The van der Waals surface area contributed by atoms with Gasteiger partial charge in [0, 0.05) is 31.1 Å². The van der Waals surface area contributed by atoms with Crippen LogP contribution in [0.3, 0.4) is 0 Å². The predicted molar refractivity (Wildman–Crippen MR) is 103 cm³/mol. The standard InChI is InChI=1S/C21H23F3N2O3/c1-2-3-4-7-26-16-12-14(21(22,23)24)5-6-15(16)19-17(26)13-18(29-19)20(27)25-8-10-28-11-9-25/h5-6,12-13H,2-4,7-11H2,1H3. The number of benzene rings is 1. The van der Waals surface area contributed by atoms with Crippen molar-refractivity contribution in [3.05, 3.63) is 35.6 Å². The molecule has 3 heterocycles. The number of furan rings is 1. The fourth-order valence-corrected chi connectivity index (χ4v) is 3.82. The van der Waals surface area contributed by atoms with Crippen molar-refractivity contribution in [3.8, 4) is 0 Å². The molecular weight excluding hydrogens is 385 g/mol. The van der Waals surface area contributed by atoms with Crippen LogP contribution in [0.5, 0.6) is 0 Å². The molecule has 1 aromatic carbocycles. The maximum Gasteiger partial charge on any atom is 0.416 e. The number of hydrogen-bond acceptors (Lipinski definition) is 3. The van der Waals surface area contributed by atoms with Crippen molar-refractivity contribution in [2.75, 3.05) is 26.3 Å². The molecule has 3 aromatic rings. The second-order valence-electron chi connectivity index (χ2n) is 7.32. The minimum atomic E-state index is -4.41. The normalized spacial score (nSPS) is 15.5. The van der Waals surface area contributed by atoms with Crippen LogP contribution in [-0.2, 0) is 17.5 Å². The zero-order valence-electron chi connectivity index (χ0n) is 16.2. The van der Waals surface area contributed by atoms with Crippen molar-refractivity contribution in [2.45, 2.75) is 38.9 Å². The Balaban J connectivity index is 1.79. The summed E-state index contributed by atoms with van der Waals surface area (Å²) in [5.41, 5.74) is 0.912. The van der Waals surface area contributed by atoms with E-state index in [1.807, 2.05) is 4.57 Å². The summed E-state index contributed by atoms with van der Waals surface area (Å²) < 4.78 is 52.7. The number of amides is 1. The minimum Gasteiger partial charge on any atom is -0.449 e. The van der Waals surface area contributed by atoms with E-state index in [1.165, 1.54) is 12.1 Å². The highest BCUT2D eigenvalue weighted by atomic mass is 19.4. The third-order valence-electron chi connectivity index (χ3n) is 5.36. The Morgan fingerprint density at radius 3 is 2.55 bits per heavy atom. The summed E-state index contributed by atoms with van der Waals surface area (Å²) in [6.45, 7) is 4.60. The zero-order chi connectivity index (χ0) is 20.6. The second-order valence-corrected chi connectivity index (χ2v) is 7.32. The summed E-state index contributed by atoms with van der Waals surface area (Å²) in [5.74, 6) is -0.00684. The maximum absolute atomic E-state index is 13.2. The van der Waals surface area contributed by atoms with E-state index in [0.29, 0.717) is 54.9 Å². The summed E-state index contributed by atoms with van der Waals surface area (Å²) in [6, 6.07) is 5.32. The molecule has 1 aliphatic heterocycles. The third-order valence-corrected chi connectivity index (χ3v) is 5.36. The lowest BCUT2D eigenvalue weighted by Crippen LogP contribution is -2.40. The van der Waals surface area contributed by atoms with Crippen LogP contribution in [-0.4, -0.2) is 41.7 Å². The Bertz CT molecular complexity index is 1030. The lowest BCUT2D eigenvalue weighted by molar-refractivity contribution is -0.137. The molecule has 5 nitrogen and oxygen atoms in total. The van der Waals surface area contributed by atoms with Gasteiger partial charge in [-0.1, -0.05) is 19.8 Å². The van der Waals surface area contributed by atoms with Gasteiger partial charge in [0.1, 0.15) is 0 Å². The number of alkyl halides is 3. The lowest BCUT2D eigenvalue weighted by atomic mass is 10.1. The van der Waals surface area contributed by atoms with E-state index in [2.05, 4.69) is 6.92 Å². The van der Waals surface area contributed by atoms with Crippen LogP contribution >= 0.6 is 0 Å².